The first kappa shape index (κ1) is 15.3. The van der Waals surface area contributed by atoms with Gasteiger partial charge in [-0.25, -0.2) is 0 Å². The van der Waals surface area contributed by atoms with Crippen LogP contribution in [0.15, 0.2) is 12.1 Å². The monoisotopic (exact) mass is 276 g/mol. The van der Waals surface area contributed by atoms with Gasteiger partial charge in [0.25, 0.3) is 0 Å². The molecule has 0 spiro atoms. The minimum atomic E-state index is 0.353. The Morgan fingerprint density at radius 1 is 1.25 bits per heavy atom. The molecule has 0 radical (unpaired) electrons. The summed E-state index contributed by atoms with van der Waals surface area (Å²) in [5.41, 5.74) is 2.09. The second kappa shape index (κ2) is 7.07. The predicted molar refractivity (Wildman–Crippen MR) is 82.9 cm³/mol. The maximum Gasteiger partial charge on any atom is 0.142 e. The Balaban J connectivity index is 2.04. The van der Waals surface area contributed by atoms with E-state index in [4.69, 9.17) is 4.74 Å². The van der Waals surface area contributed by atoms with Crippen LogP contribution in [0.5, 0.6) is 5.75 Å². The molecule has 1 aliphatic carbocycles. The first-order chi connectivity index (χ1) is 9.60. The zero-order chi connectivity index (χ0) is 14.5. The van der Waals surface area contributed by atoms with Gasteiger partial charge in [-0.1, -0.05) is 20.8 Å². The largest absolute Gasteiger partial charge is 0.488 e. The van der Waals surface area contributed by atoms with Crippen molar-refractivity contribution < 1.29 is 4.74 Å². The molecule has 1 aromatic rings. The van der Waals surface area contributed by atoms with Gasteiger partial charge in [0.15, 0.2) is 0 Å². The maximum atomic E-state index is 6.25. The van der Waals surface area contributed by atoms with E-state index in [2.05, 4.69) is 37.1 Å². The molecule has 0 amide bonds. The van der Waals surface area contributed by atoms with E-state index in [1.54, 1.807) is 0 Å². The molecule has 3 nitrogen and oxygen atoms in total. The van der Waals surface area contributed by atoms with Crippen molar-refractivity contribution in [1.29, 1.82) is 0 Å². The molecule has 3 unspecified atom stereocenters. The molecule has 112 valence electrons. The number of nitrogens with one attached hydrogen (secondary N) is 1. The van der Waals surface area contributed by atoms with Crippen molar-refractivity contribution in [2.24, 2.45) is 11.8 Å². The van der Waals surface area contributed by atoms with Crippen LogP contribution in [0.2, 0.25) is 0 Å². The fraction of sp³-hybridized carbons (Fsp3) is 0.706. The summed E-state index contributed by atoms with van der Waals surface area (Å²) in [6.45, 7) is 10.6. The van der Waals surface area contributed by atoms with Crippen molar-refractivity contribution in [1.82, 2.24) is 10.3 Å². The summed E-state index contributed by atoms with van der Waals surface area (Å²) in [5.74, 6) is 2.54. The molecule has 1 heterocycles. The summed E-state index contributed by atoms with van der Waals surface area (Å²) in [6, 6.07) is 4.12. The number of ether oxygens (including phenoxy) is 1. The van der Waals surface area contributed by atoms with Crippen LogP contribution < -0.4 is 10.1 Å². The molecule has 1 aliphatic rings. The molecule has 2 rings (SSSR count). The average molecular weight is 276 g/mol. The van der Waals surface area contributed by atoms with Gasteiger partial charge in [-0.15, -0.1) is 0 Å². The minimum Gasteiger partial charge on any atom is -0.488 e. The van der Waals surface area contributed by atoms with Crippen LogP contribution in [0.4, 0.5) is 0 Å². The molecule has 0 bridgehead atoms. The van der Waals surface area contributed by atoms with Crippen molar-refractivity contribution in [2.75, 3.05) is 6.54 Å². The molecule has 0 saturated heterocycles. The summed E-state index contributed by atoms with van der Waals surface area (Å²) in [4.78, 5) is 4.62. The number of nitrogens with zero attached hydrogens (tertiary/aromatic N) is 1. The van der Waals surface area contributed by atoms with Crippen LogP contribution in [-0.4, -0.2) is 17.6 Å². The number of hydrogen-bond acceptors (Lipinski definition) is 3. The summed E-state index contributed by atoms with van der Waals surface area (Å²) < 4.78 is 6.25. The van der Waals surface area contributed by atoms with Gasteiger partial charge in [0.2, 0.25) is 0 Å². The second-order valence-electron chi connectivity index (χ2n) is 6.19. The molecule has 1 saturated carbocycles. The molecule has 1 fully saturated rings. The topological polar surface area (TPSA) is 34.2 Å². The highest BCUT2D eigenvalue weighted by Crippen LogP contribution is 2.32. The molecular weight excluding hydrogens is 248 g/mol. The fourth-order valence-electron chi connectivity index (χ4n) is 2.86. The lowest BCUT2D eigenvalue weighted by Crippen LogP contribution is -2.29. The van der Waals surface area contributed by atoms with Crippen LogP contribution in [0, 0.1) is 18.8 Å². The van der Waals surface area contributed by atoms with Crippen LogP contribution in [-0.2, 0) is 6.54 Å². The van der Waals surface area contributed by atoms with E-state index in [1.807, 2.05) is 13.0 Å². The minimum absolute atomic E-state index is 0.353. The van der Waals surface area contributed by atoms with E-state index < -0.39 is 0 Å². The lowest BCUT2D eigenvalue weighted by atomic mass is 9.80. The van der Waals surface area contributed by atoms with Gasteiger partial charge in [-0.05, 0) is 56.7 Å². The Bertz CT molecular complexity index is 433. The van der Waals surface area contributed by atoms with Crippen molar-refractivity contribution in [3.63, 3.8) is 0 Å². The fourth-order valence-corrected chi connectivity index (χ4v) is 2.86. The van der Waals surface area contributed by atoms with Gasteiger partial charge >= 0.3 is 0 Å². The highest BCUT2D eigenvalue weighted by molar-refractivity contribution is 5.29. The highest BCUT2D eigenvalue weighted by atomic mass is 16.5. The highest BCUT2D eigenvalue weighted by Gasteiger charge is 2.26. The van der Waals surface area contributed by atoms with Crippen molar-refractivity contribution >= 4 is 0 Å². The van der Waals surface area contributed by atoms with Crippen LogP contribution in [0.3, 0.4) is 0 Å². The van der Waals surface area contributed by atoms with Crippen LogP contribution >= 0.6 is 0 Å². The van der Waals surface area contributed by atoms with Gasteiger partial charge in [-0.2, -0.15) is 0 Å². The van der Waals surface area contributed by atoms with Crippen LogP contribution in [0.1, 0.15) is 51.4 Å². The van der Waals surface area contributed by atoms with Crippen molar-refractivity contribution in [3.8, 4) is 5.75 Å². The van der Waals surface area contributed by atoms with E-state index in [1.165, 1.54) is 12.8 Å². The summed E-state index contributed by atoms with van der Waals surface area (Å²) in [6.07, 6.45) is 3.95. The Morgan fingerprint density at radius 2 is 2.05 bits per heavy atom. The van der Waals surface area contributed by atoms with Crippen molar-refractivity contribution in [2.45, 2.75) is 59.6 Å². The van der Waals surface area contributed by atoms with E-state index in [0.717, 1.165) is 48.5 Å². The molecule has 0 aliphatic heterocycles. The lowest BCUT2D eigenvalue weighted by molar-refractivity contribution is 0.0991. The Kier molecular flexibility index (Phi) is 5.41. The third-order valence-corrected chi connectivity index (χ3v) is 4.46. The molecule has 1 aromatic heterocycles. The third kappa shape index (κ3) is 3.95. The van der Waals surface area contributed by atoms with Gasteiger partial charge in [0.05, 0.1) is 11.8 Å². The van der Waals surface area contributed by atoms with Gasteiger partial charge in [0.1, 0.15) is 5.75 Å². The molecule has 20 heavy (non-hydrogen) atoms. The number of rotatable bonds is 5. The normalized spacial score (nSPS) is 26.5. The van der Waals surface area contributed by atoms with Gasteiger partial charge in [0, 0.05) is 12.2 Å². The van der Waals surface area contributed by atoms with E-state index in [9.17, 15) is 0 Å². The SMILES string of the molecule is CCNCc1nc(C)ccc1OC1CCC(C)C(C)C1. The second-order valence-corrected chi connectivity index (χ2v) is 6.19. The molecule has 0 aromatic carbocycles. The number of aromatic nitrogens is 1. The van der Waals surface area contributed by atoms with E-state index in [-0.39, 0.29) is 0 Å². The van der Waals surface area contributed by atoms with Crippen molar-refractivity contribution in [3.05, 3.63) is 23.5 Å². The Labute approximate surface area is 123 Å². The Hall–Kier alpha value is -1.09. The molecule has 3 atom stereocenters. The summed E-state index contributed by atoms with van der Waals surface area (Å²) >= 11 is 0. The van der Waals surface area contributed by atoms with Gasteiger partial charge < -0.3 is 10.1 Å². The third-order valence-electron chi connectivity index (χ3n) is 4.46. The van der Waals surface area contributed by atoms with E-state index in [0.29, 0.717) is 6.10 Å². The molecular formula is C17H28N2O. The smallest absolute Gasteiger partial charge is 0.142 e. The first-order valence-corrected chi connectivity index (χ1v) is 7.94. The molecule has 1 N–H and O–H groups in total. The summed E-state index contributed by atoms with van der Waals surface area (Å²) in [5, 5.41) is 3.34. The van der Waals surface area contributed by atoms with Gasteiger partial charge in [-0.3, -0.25) is 4.98 Å². The van der Waals surface area contributed by atoms with Crippen LogP contribution in [0.25, 0.3) is 0 Å². The molecule has 3 heteroatoms. The van der Waals surface area contributed by atoms with E-state index >= 15 is 0 Å². The lowest BCUT2D eigenvalue weighted by Gasteiger charge is -2.32. The predicted octanol–water partition coefficient (Wildman–Crippen LogP) is 3.70. The maximum absolute atomic E-state index is 6.25. The Morgan fingerprint density at radius 3 is 2.75 bits per heavy atom. The first-order valence-electron chi connectivity index (χ1n) is 7.94. The zero-order valence-electron chi connectivity index (χ0n) is 13.3. The summed E-state index contributed by atoms with van der Waals surface area (Å²) in [7, 11) is 0. The zero-order valence-corrected chi connectivity index (χ0v) is 13.3. The number of aryl methyl sites for hydroxylation is 1. The standard InChI is InChI=1S/C17H28N2O/c1-5-18-11-16-17(9-7-14(4)19-16)20-15-8-6-12(2)13(3)10-15/h7,9,12-13,15,18H,5-6,8,10-11H2,1-4H3. The number of pyridine rings is 1. The average Bonchev–Trinajstić information content (AvgIpc) is 2.43. The quantitative estimate of drug-likeness (QED) is 0.890. The number of hydrogen-bond donors (Lipinski definition) is 1.